The fraction of sp³-hybridized carbons (Fsp3) is 0.538. The molecule has 1 fully saturated rings. The first-order chi connectivity index (χ1) is 7.72. The zero-order valence-corrected chi connectivity index (χ0v) is 11.0. The molecule has 3 heteroatoms. The van der Waals surface area contributed by atoms with Gasteiger partial charge in [-0.3, -0.25) is 0 Å². The number of halogens is 2. The zero-order chi connectivity index (χ0) is 11.5. The Bertz CT molecular complexity index is 365. The summed E-state index contributed by atoms with van der Waals surface area (Å²) in [6, 6.07) is 6.49. The van der Waals surface area contributed by atoms with Crippen molar-refractivity contribution in [2.75, 3.05) is 0 Å². The molecule has 1 N–H and O–H groups in total. The van der Waals surface area contributed by atoms with Crippen LogP contribution in [0.3, 0.4) is 0 Å². The summed E-state index contributed by atoms with van der Waals surface area (Å²) >= 11 is 12.1. The van der Waals surface area contributed by atoms with Crippen LogP contribution in [0.25, 0.3) is 0 Å². The summed E-state index contributed by atoms with van der Waals surface area (Å²) in [6.45, 7) is 3.06. The van der Waals surface area contributed by atoms with Gasteiger partial charge in [0.2, 0.25) is 0 Å². The second kappa shape index (κ2) is 5.39. The van der Waals surface area contributed by atoms with Crippen molar-refractivity contribution in [1.82, 2.24) is 5.32 Å². The third kappa shape index (κ3) is 2.91. The van der Waals surface area contributed by atoms with E-state index in [4.69, 9.17) is 23.2 Å². The lowest BCUT2D eigenvalue weighted by Crippen LogP contribution is -2.17. The highest BCUT2D eigenvalue weighted by atomic mass is 35.5. The van der Waals surface area contributed by atoms with Crippen molar-refractivity contribution in [3.8, 4) is 0 Å². The molecule has 0 saturated heterocycles. The van der Waals surface area contributed by atoms with Crippen molar-refractivity contribution in [1.29, 1.82) is 0 Å². The summed E-state index contributed by atoms with van der Waals surface area (Å²) < 4.78 is 0. The molecule has 1 aromatic carbocycles. The van der Waals surface area contributed by atoms with Gasteiger partial charge < -0.3 is 5.32 Å². The van der Waals surface area contributed by atoms with Gasteiger partial charge in [-0.15, -0.1) is 0 Å². The maximum atomic E-state index is 6.12. The molecule has 88 valence electrons. The molecule has 0 radical (unpaired) electrons. The van der Waals surface area contributed by atoms with E-state index < -0.39 is 0 Å². The van der Waals surface area contributed by atoms with Crippen LogP contribution in [0.4, 0.5) is 0 Å². The number of nitrogens with one attached hydrogen (secondary N) is 1. The van der Waals surface area contributed by atoms with Gasteiger partial charge in [0.15, 0.2) is 0 Å². The Hall–Kier alpha value is -0.240. The van der Waals surface area contributed by atoms with E-state index in [2.05, 4.69) is 12.2 Å². The Labute approximate surface area is 107 Å². The number of hydrogen-bond donors (Lipinski definition) is 1. The molecule has 0 spiro atoms. The molecule has 1 nitrogen and oxygen atoms in total. The maximum absolute atomic E-state index is 6.12. The molecule has 1 saturated carbocycles. The molecule has 0 aromatic heterocycles. The lowest BCUT2D eigenvalue weighted by molar-refractivity contribution is 0.599. The van der Waals surface area contributed by atoms with Crippen molar-refractivity contribution in [3.63, 3.8) is 0 Å². The minimum Gasteiger partial charge on any atom is -0.310 e. The summed E-state index contributed by atoms with van der Waals surface area (Å²) in [7, 11) is 0. The Morgan fingerprint density at radius 2 is 2.19 bits per heavy atom. The van der Waals surface area contributed by atoms with Crippen molar-refractivity contribution in [2.24, 2.45) is 5.92 Å². The van der Waals surface area contributed by atoms with E-state index in [0.717, 1.165) is 18.0 Å². The molecule has 1 aliphatic rings. The predicted octanol–water partition coefficient (Wildman–Crippen LogP) is 4.27. The monoisotopic (exact) mass is 257 g/mol. The van der Waals surface area contributed by atoms with Gasteiger partial charge in [0, 0.05) is 12.6 Å². The molecule has 0 aliphatic heterocycles. The molecule has 16 heavy (non-hydrogen) atoms. The van der Waals surface area contributed by atoms with E-state index in [1.165, 1.54) is 19.3 Å². The van der Waals surface area contributed by atoms with Crippen LogP contribution in [-0.2, 0) is 6.54 Å². The Morgan fingerprint density at radius 3 is 2.94 bits per heavy atom. The average Bonchev–Trinajstić information content (AvgIpc) is 3.00. The summed E-state index contributed by atoms with van der Waals surface area (Å²) in [6.07, 6.45) is 3.92. The molecule has 2 unspecified atom stereocenters. The summed E-state index contributed by atoms with van der Waals surface area (Å²) in [5.41, 5.74) is 1.09. The van der Waals surface area contributed by atoms with Gasteiger partial charge >= 0.3 is 0 Å². The van der Waals surface area contributed by atoms with Gasteiger partial charge in [-0.1, -0.05) is 48.7 Å². The van der Waals surface area contributed by atoms with E-state index in [9.17, 15) is 0 Å². The minimum atomic E-state index is 0.641. The van der Waals surface area contributed by atoms with Crippen molar-refractivity contribution < 1.29 is 0 Å². The lowest BCUT2D eigenvalue weighted by Gasteiger charge is -2.07. The van der Waals surface area contributed by atoms with Crippen LogP contribution in [0.1, 0.15) is 31.7 Å². The van der Waals surface area contributed by atoms with Crippen LogP contribution in [0.2, 0.25) is 10.0 Å². The first-order valence-electron chi connectivity index (χ1n) is 5.88. The minimum absolute atomic E-state index is 0.641. The lowest BCUT2D eigenvalue weighted by atomic mass is 10.2. The first kappa shape index (κ1) is 12.2. The van der Waals surface area contributed by atoms with E-state index in [0.29, 0.717) is 16.1 Å². The van der Waals surface area contributed by atoms with Crippen molar-refractivity contribution in [3.05, 3.63) is 33.8 Å². The van der Waals surface area contributed by atoms with Gasteiger partial charge in [-0.25, -0.2) is 0 Å². The van der Waals surface area contributed by atoms with E-state index in [-0.39, 0.29) is 0 Å². The molecule has 2 atom stereocenters. The summed E-state index contributed by atoms with van der Waals surface area (Å²) in [5.74, 6) is 0.878. The normalized spacial score (nSPS) is 23.4. The second-order valence-corrected chi connectivity index (χ2v) is 5.27. The molecule has 1 aliphatic carbocycles. The Balaban J connectivity index is 1.84. The smallest absolute Gasteiger partial charge is 0.0637 e. The van der Waals surface area contributed by atoms with Gasteiger partial charge in [0.25, 0.3) is 0 Å². The van der Waals surface area contributed by atoms with Crippen LogP contribution < -0.4 is 5.32 Å². The topological polar surface area (TPSA) is 12.0 Å². The highest BCUT2D eigenvalue weighted by Gasteiger charge is 2.35. The quantitative estimate of drug-likeness (QED) is 0.831. The molecular weight excluding hydrogens is 241 g/mol. The Kier molecular flexibility index (Phi) is 4.12. The molecule has 0 bridgehead atoms. The van der Waals surface area contributed by atoms with Crippen LogP contribution in [0, 0.1) is 5.92 Å². The van der Waals surface area contributed by atoms with Crippen LogP contribution in [-0.4, -0.2) is 6.04 Å². The Morgan fingerprint density at radius 1 is 1.38 bits per heavy atom. The van der Waals surface area contributed by atoms with Gasteiger partial charge in [-0.2, -0.15) is 0 Å². The summed E-state index contributed by atoms with van der Waals surface area (Å²) in [5, 5.41) is 4.86. The van der Waals surface area contributed by atoms with Gasteiger partial charge in [-0.05, 0) is 30.4 Å². The molecule has 2 rings (SSSR count). The van der Waals surface area contributed by atoms with E-state index in [1.54, 1.807) is 0 Å². The van der Waals surface area contributed by atoms with E-state index in [1.807, 2.05) is 18.2 Å². The van der Waals surface area contributed by atoms with Crippen LogP contribution in [0.5, 0.6) is 0 Å². The zero-order valence-electron chi connectivity index (χ0n) is 9.47. The maximum Gasteiger partial charge on any atom is 0.0637 e. The highest BCUT2D eigenvalue weighted by Crippen LogP contribution is 2.35. The first-order valence-corrected chi connectivity index (χ1v) is 6.64. The number of rotatable bonds is 5. The van der Waals surface area contributed by atoms with Gasteiger partial charge in [0.1, 0.15) is 0 Å². The van der Waals surface area contributed by atoms with Crippen molar-refractivity contribution in [2.45, 2.75) is 38.8 Å². The van der Waals surface area contributed by atoms with Crippen molar-refractivity contribution >= 4 is 23.2 Å². The van der Waals surface area contributed by atoms with Crippen LogP contribution >= 0.6 is 23.2 Å². The average molecular weight is 258 g/mol. The SMILES string of the molecule is CCCC1CC1NCc1cccc(Cl)c1Cl. The van der Waals surface area contributed by atoms with Gasteiger partial charge in [0.05, 0.1) is 10.0 Å². The third-order valence-corrected chi connectivity index (χ3v) is 4.03. The molecule has 1 aromatic rings. The molecular formula is C13H17Cl2N. The fourth-order valence-electron chi connectivity index (χ4n) is 2.11. The summed E-state index contributed by atoms with van der Waals surface area (Å²) in [4.78, 5) is 0. The highest BCUT2D eigenvalue weighted by molar-refractivity contribution is 6.42. The van der Waals surface area contributed by atoms with Crippen LogP contribution in [0.15, 0.2) is 18.2 Å². The number of benzene rings is 1. The molecule has 0 heterocycles. The number of hydrogen-bond acceptors (Lipinski definition) is 1. The second-order valence-electron chi connectivity index (χ2n) is 4.48. The standard InChI is InChI=1S/C13H17Cl2N/c1-2-4-9-7-12(9)16-8-10-5-3-6-11(14)13(10)15/h3,5-6,9,12,16H,2,4,7-8H2,1H3. The predicted molar refractivity (Wildman–Crippen MR) is 70.1 cm³/mol. The third-order valence-electron chi connectivity index (χ3n) is 3.17. The van der Waals surface area contributed by atoms with E-state index >= 15 is 0 Å². The fourth-order valence-corrected chi connectivity index (χ4v) is 2.50. The largest absolute Gasteiger partial charge is 0.310 e. The molecule has 0 amide bonds.